The summed E-state index contributed by atoms with van der Waals surface area (Å²) in [4.78, 5) is 24.3. The Balaban J connectivity index is 1.92. The van der Waals surface area contributed by atoms with Gasteiger partial charge in [0, 0.05) is 18.7 Å². The summed E-state index contributed by atoms with van der Waals surface area (Å²) in [6, 6.07) is 10.9. The molecule has 1 aliphatic rings. The van der Waals surface area contributed by atoms with Crippen LogP contribution in [0.2, 0.25) is 0 Å². The molecular weight excluding hydrogens is 366 g/mol. The number of hydrogen-bond donors (Lipinski definition) is 2. The lowest BCUT2D eigenvalue weighted by atomic mass is 10.1. The fourth-order valence-corrected chi connectivity index (χ4v) is 4.86. The molecule has 0 radical (unpaired) electrons. The molecule has 0 atom stereocenters. The topological polar surface area (TPSA) is 110 Å². The molecule has 1 saturated heterocycles. The van der Waals surface area contributed by atoms with Crippen LogP contribution < -0.4 is 11.1 Å². The second kappa shape index (κ2) is 7.50. The van der Waals surface area contributed by atoms with Crippen LogP contribution in [-0.4, -0.2) is 37.6 Å². The molecular formula is C19H21N3O4S. The Morgan fingerprint density at radius 1 is 1.07 bits per heavy atom. The fourth-order valence-electron chi connectivity index (χ4n) is 3.09. The van der Waals surface area contributed by atoms with E-state index < -0.39 is 21.8 Å². The maximum absolute atomic E-state index is 12.9. The van der Waals surface area contributed by atoms with E-state index in [1.807, 2.05) is 0 Å². The molecule has 0 aromatic heterocycles. The van der Waals surface area contributed by atoms with E-state index in [0.29, 0.717) is 18.7 Å². The van der Waals surface area contributed by atoms with Gasteiger partial charge in [0.1, 0.15) is 0 Å². The molecule has 1 aliphatic heterocycles. The number of carbonyl (C=O) groups is 2. The van der Waals surface area contributed by atoms with Crippen LogP contribution in [0.1, 0.15) is 39.1 Å². The van der Waals surface area contributed by atoms with Crippen molar-refractivity contribution in [1.82, 2.24) is 4.31 Å². The van der Waals surface area contributed by atoms with Crippen molar-refractivity contribution in [3.63, 3.8) is 0 Å². The van der Waals surface area contributed by atoms with E-state index in [9.17, 15) is 18.0 Å². The van der Waals surface area contributed by atoms with Gasteiger partial charge in [-0.25, -0.2) is 8.42 Å². The molecule has 1 fully saturated rings. The monoisotopic (exact) mass is 387 g/mol. The van der Waals surface area contributed by atoms with Gasteiger partial charge in [-0.2, -0.15) is 4.31 Å². The lowest BCUT2D eigenvalue weighted by Gasteiger charge is -2.18. The van der Waals surface area contributed by atoms with Gasteiger partial charge in [0.25, 0.3) is 11.8 Å². The molecule has 3 rings (SSSR count). The summed E-state index contributed by atoms with van der Waals surface area (Å²) in [5.74, 6) is -1.17. The number of carbonyl (C=O) groups excluding carboxylic acids is 2. The first-order valence-corrected chi connectivity index (χ1v) is 10.1. The quantitative estimate of drug-likeness (QED) is 0.819. The van der Waals surface area contributed by atoms with Crippen molar-refractivity contribution in [2.24, 2.45) is 5.73 Å². The third kappa shape index (κ3) is 3.86. The zero-order chi connectivity index (χ0) is 19.6. The molecule has 0 bridgehead atoms. The van der Waals surface area contributed by atoms with Crippen molar-refractivity contribution in [2.75, 3.05) is 18.4 Å². The summed E-state index contributed by atoms with van der Waals surface area (Å²) in [6.45, 7) is 2.68. The van der Waals surface area contributed by atoms with Gasteiger partial charge in [-0.15, -0.1) is 0 Å². The van der Waals surface area contributed by atoms with Crippen molar-refractivity contribution in [3.8, 4) is 0 Å². The number of nitrogens with two attached hydrogens (primary N) is 1. The zero-order valence-electron chi connectivity index (χ0n) is 14.9. The number of primary amides is 1. The second-order valence-corrected chi connectivity index (χ2v) is 8.36. The highest BCUT2D eigenvalue weighted by Gasteiger charge is 2.29. The Morgan fingerprint density at radius 3 is 2.41 bits per heavy atom. The highest BCUT2D eigenvalue weighted by Crippen LogP contribution is 2.25. The maximum atomic E-state index is 12.9. The van der Waals surface area contributed by atoms with E-state index in [0.717, 1.165) is 12.8 Å². The van der Waals surface area contributed by atoms with Gasteiger partial charge in [-0.05, 0) is 49.6 Å². The van der Waals surface area contributed by atoms with E-state index in [-0.39, 0.29) is 21.7 Å². The first-order chi connectivity index (χ1) is 12.8. The van der Waals surface area contributed by atoms with E-state index in [2.05, 4.69) is 5.32 Å². The summed E-state index contributed by atoms with van der Waals surface area (Å²) in [6.07, 6.45) is 1.67. The molecule has 0 aliphatic carbocycles. The summed E-state index contributed by atoms with van der Waals surface area (Å²) >= 11 is 0. The standard InChI is InChI=1S/C19H21N3O4S/c1-13-8-9-14(12-17(13)27(25,26)22-10-4-5-11-22)19(24)21-16-7-3-2-6-15(16)18(20)23/h2-3,6-9,12H,4-5,10-11H2,1H3,(H2,20,23)(H,21,24). The lowest BCUT2D eigenvalue weighted by Crippen LogP contribution is -2.28. The van der Waals surface area contributed by atoms with E-state index in [1.165, 1.54) is 16.4 Å². The van der Waals surface area contributed by atoms with Crippen molar-refractivity contribution in [1.29, 1.82) is 0 Å². The number of hydrogen-bond acceptors (Lipinski definition) is 4. The van der Waals surface area contributed by atoms with Crippen LogP contribution in [0.5, 0.6) is 0 Å². The van der Waals surface area contributed by atoms with Crippen molar-refractivity contribution in [3.05, 3.63) is 59.2 Å². The minimum Gasteiger partial charge on any atom is -0.366 e. The molecule has 0 spiro atoms. The summed E-state index contributed by atoms with van der Waals surface area (Å²) < 4.78 is 27.2. The van der Waals surface area contributed by atoms with Crippen LogP contribution in [0.15, 0.2) is 47.4 Å². The molecule has 142 valence electrons. The molecule has 8 heteroatoms. The number of rotatable bonds is 5. The summed E-state index contributed by atoms with van der Waals surface area (Å²) in [5.41, 5.74) is 6.56. The minimum absolute atomic E-state index is 0.125. The van der Waals surface area contributed by atoms with Crippen molar-refractivity contribution >= 4 is 27.5 Å². The Labute approximate surface area is 158 Å². The van der Waals surface area contributed by atoms with Crippen LogP contribution in [0.3, 0.4) is 0 Å². The normalized spacial score (nSPS) is 14.9. The van der Waals surface area contributed by atoms with Crippen LogP contribution in [0.4, 0.5) is 5.69 Å². The summed E-state index contributed by atoms with van der Waals surface area (Å²) in [7, 11) is -3.64. The van der Waals surface area contributed by atoms with Crippen molar-refractivity contribution < 1.29 is 18.0 Å². The third-order valence-electron chi connectivity index (χ3n) is 4.57. The molecule has 3 N–H and O–H groups in total. The second-order valence-electron chi connectivity index (χ2n) is 6.46. The number of anilines is 1. The van der Waals surface area contributed by atoms with E-state index >= 15 is 0 Å². The molecule has 2 aromatic rings. The largest absolute Gasteiger partial charge is 0.366 e. The predicted octanol–water partition coefficient (Wildman–Crippen LogP) is 2.13. The first-order valence-electron chi connectivity index (χ1n) is 8.61. The van der Waals surface area contributed by atoms with Gasteiger partial charge in [0.15, 0.2) is 0 Å². The zero-order valence-corrected chi connectivity index (χ0v) is 15.8. The Hall–Kier alpha value is -2.71. The lowest BCUT2D eigenvalue weighted by molar-refractivity contribution is 0.100. The number of para-hydroxylation sites is 1. The van der Waals surface area contributed by atoms with Crippen LogP contribution in [-0.2, 0) is 10.0 Å². The Morgan fingerprint density at radius 2 is 1.74 bits per heavy atom. The highest BCUT2D eigenvalue weighted by atomic mass is 32.2. The first kappa shape index (κ1) is 19.1. The van der Waals surface area contributed by atoms with Gasteiger partial charge < -0.3 is 11.1 Å². The van der Waals surface area contributed by atoms with Crippen LogP contribution in [0.25, 0.3) is 0 Å². The molecule has 27 heavy (non-hydrogen) atoms. The van der Waals surface area contributed by atoms with Crippen LogP contribution in [0, 0.1) is 6.92 Å². The van der Waals surface area contributed by atoms with Crippen molar-refractivity contribution in [2.45, 2.75) is 24.7 Å². The smallest absolute Gasteiger partial charge is 0.255 e. The van der Waals surface area contributed by atoms with Crippen LogP contribution >= 0.6 is 0 Å². The fraction of sp³-hybridized carbons (Fsp3) is 0.263. The van der Waals surface area contributed by atoms with Gasteiger partial charge in [-0.1, -0.05) is 18.2 Å². The number of nitrogens with zero attached hydrogens (tertiary/aromatic N) is 1. The van der Waals surface area contributed by atoms with Gasteiger partial charge in [0.2, 0.25) is 10.0 Å². The summed E-state index contributed by atoms with van der Waals surface area (Å²) in [5, 5.41) is 2.63. The average Bonchev–Trinajstić information content (AvgIpc) is 3.17. The Kier molecular flexibility index (Phi) is 5.29. The predicted molar refractivity (Wildman–Crippen MR) is 102 cm³/mol. The molecule has 0 saturated carbocycles. The molecule has 2 amide bonds. The number of amides is 2. The molecule has 1 heterocycles. The van der Waals surface area contributed by atoms with Gasteiger partial charge >= 0.3 is 0 Å². The number of sulfonamides is 1. The van der Waals surface area contributed by atoms with Gasteiger partial charge in [-0.3, -0.25) is 9.59 Å². The maximum Gasteiger partial charge on any atom is 0.255 e. The highest BCUT2D eigenvalue weighted by molar-refractivity contribution is 7.89. The average molecular weight is 387 g/mol. The minimum atomic E-state index is -3.64. The number of benzene rings is 2. The SMILES string of the molecule is Cc1ccc(C(=O)Nc2ccccc2C(N)=O)cc1S(=O)(=O)N1CCCC1. The number of nitrogens with one attached hydrogen (secondary N) is 1. The van der Waals surface area contributed by atoms with Gasteiger partial charge in [0.05, 0.1) is 16.1 Å². The Bertz CT molecular complexity index is 996. The molecule has 0 unspecified atom stereocenters. The third-order valence-corrected chi connectivity index (χ3v) is 6.61. The van der Waals surface area contributed by atoms with E-state index in [1.54, 1.807) is 37.3 Å². The molecule has 2 aromatic carbocycles. The molecule has 7 nitrogen and oxygen atoms in total. The van der Waals surface area contributed by atoms with E-state index in [4.69, 9.17) is 5.73 Å². The number of aryl methyl sites for hydroxylation is 1.